The second-order valence-electron chi connectivity index (χ2n) is 5.00. The third kappa shape index (κ3) is 3.18. The highest BCUT2D eigenvalue weighted by Crippen LogP contribution is 2.35. The Kier molecular flexibility index (Phi) is 3.98. The van der Waals surface area contributed by atoms with E-state index in [1.54, 1.807) is 12.1 Å². The van der Waals surface area contributed by atoms with E-state index in [4.69, 9.17) is 14.0 Å². The number of hydrogen-bond donors (Lipinski definition) is 1. The molecule has 1 aromatic heterocycles. The van der Waals surface area contributed by atoms with Crippen LogP contribution in [0.2, 0.25) is 0 Å². The van der Waals surface area contributed by atoms with Gasteiger partial charge in [0.2, 0.25) is 0 Å². The largest absolute Gasteiger partial charge is 0.485 e. The van der Waals surface area contributed by atoms with Gasteiger partial charge in [0.25, 0.3) is 10.1 Å². The average Bonchev–Trinajstić information content (AvgIpc) is 2.94. The Balaban J connectivity index is 1.66. The fourth-order valence-electron chi connectivity index (χ4n) is 2.23. The van der Waals surface area contributed by atoms with E-state index in [0.717, 1.165) is 17.2 Å². The summed E-state index contributed by atoms with van der Waals surface area (Å²) in [4.78, 5) is 1.82. The van der Waals surface area contributed by atoms with Crippen molar-refractivity contribution in [2.24, 2.45) is 0 Å². The van der Waals surface area contributed by atoms with E-state index >= 15 is 0 Å². The molecule has 1 atom stereocenters. The first-order valence-corrected chi connectivity index (χ1v) is 8.96. The van der Waals surface area contributed by atoms with Crippen LogP contribution in [-0.2, 0) is 10.1 Å². The van der Waals surface area contributed by atoms with Crippen LogP contribution in [0.15, 0.2) is 39.9 Å². The highest BCUT2D eigenvalue weighted by molar-refractivity contribution is 7.85. The molecule has 22 heavy (non-hydrogen) atoms. The third-order valence-electron chi connectivity index (χ3n) is 3.36. The Morgan fingerprint density at radius 3 is 2.64 bits per heavy atom. The third-order valence-corrected chi connectivity index (χ3v) is 4.93. The van der Waals surface area contributed by atoms with Gasteiger partial charge in [-0.15, -0.1) is 11.3 Å². The van der Waals surface area contributed by atoms with Gasteiger partial charge in [0, 0.05) is 23.5 Å². The highest BCUT2D eigenvalue weighted by atomic mass is 32.2. The molecular formula is C14H15NO5S2. The maximum Gasteiger partial charge on any atom is 0.294 e. The molecule has 6 nitrogen and oxygen atoms in total. The van der Waals surface area contributed by atoms with Crippen molar-refractivity contribution in [1.82, 2.24) is 0 Å². The Morgan fingerprint density at radius 2 is 1.95 bits per heavy atom. The minimum absolute atomic E-state index is 0.103. The lowest BCUT2D eigenvalue weighted by Gasteiger charge is -2.29. The zero-order chi connectivity index (χ0) is 15.7. The van der Waals surface area contributed by atoms with Crippen molar-refractivity contribution in [3.63, 3.8) is 0 Å². The van der Waals surface area contributed by atoms with Crippen molar-refractivity contribution in [3.05, 3.63) is 35.0 Å². The normalized spacial score (nSPS) is 17.3. The van der Waals surface area contributed by atoms with Gasteiger partial charge in [-0.1, -0.05) is 0 Å². The molecule has 3 rings (SSSR count). The fourth-order valence-corrected chi connectivity index (χ4v) is 3.39. The number of hydrogen-bond acceptors (Lipinski definition) is 6. The van der Waals surface area contributed by atoms with E-state index in [9.17, 15) is 8.42 Å². The van der Waals surface area contributed by atoms with Crippen LogP contribution in [0.4, 0.5) is 5.69 Å². The SMILES string of the molecule is CN(CC1COc2cscc2O1)c1ccc(S(=O)(=O)O)cc1. The van der Waals surface area contributed by atoms with E-state index in [1.807, 2.05) is 22.7 Å². The standard InChI is InChI=1S/C14H15NO5S2/c1-15(10-2-4-12(5-3-10)22(16,17)18)6-11-7-19-13-8-21-9-14(13)20-11/h2-5,8-9,11H,6-7H2,1H3,(H,16,17,18). The van der Waals surface area contributed by atoms with Gasteiger partial charge in [-0.25, -0.2) is 0 Å². The lowest BCUT2D eigenvalue weighted by Crippen LogP contribution is -2.39. The molecule has 0 radical (unpaired) electrons. The molecule has 1 aliphatic rings. The van der Waals surface area contributed by atoms with Crippen molar-refractivity contribution in [2.75, 3.05) is 25.1 Å². The van der Waals surface area contributed by atoms with Crippen LogP contribution in [0, 0.1) is 0 Å². The average molecular weight is 341 g/mol. The molecule has 0 bridgehead atoms. The van der Waals surface area contributed by atoms with E-state index in [-0.39, 0.29) is 11.0 Å². The van der Waals surface area contributed by atoms with Crippen LogP contribution >= 0.6 is 11.3 Å². The molecule has 0 amide bonds. The number of ether oxygens (including phenoxy) is 2. The summed E-state index contributed by atoms with van der Waals surface area (Å²) in [7, 11) is -2.28. The smallest absolute Gasteiger partial charge is 0.294 e. The maximum atomic E-state index is 11.0. The van der Waals surface area contributed by atoms with Crippen LogP contribution < -0.4 is 14.4 Å². The molecule has 1 unspecified atom stereocenters. The number of rotatable bonds is 4. The van der Waals surface area contributed by atoms with Crippen LogP contribution in [0.5, 0.6) is 11.5 Å². The molecule has 8 heteroatoms. The van der Waals surface area contributed by atoms with Crippen molar-refractivity contribution < 1.29 is 22.4 Å². The topological polar surface area (TPSA) is 76.1 Å². The zero-order valence-corrected chi connectivity index (χ0v) is 13.4. The Morgan fingerprint density at radius 1 is 1.27 bits per heavy atom. The van der Waals surface area contributed by atoms with Gasteiger partial charge in [-0.2, -0.15) is 8.42 Å². The molecule has 0 spiro atoms. The summed E-state index contributed by atoms with van der Waals surface area (Å²) in [5.74, 6) is 1.54. The molecule has 0 saturated heterocycles. The molecule has 2 aromatic rings. The summed E-state index contributed by atoms with van der Waals surface area (Å²) in [5.41, 5.74) is 0.826. The Hall–Kier alpha value is -1.77. The summed E-state index contributed by atoms with van der Waals surface area (Å²) in [5, 5.41) is 3.81. The van der Waals surface area contributed by atoms with Gasteiger partial charge < -0.3 is 14.4 Å². The number of anilines is 1. The summed E-state index contributed by atoms with van der Waals surface area (Å²) >= 11 is 1.53. The van der Waals surface area contributed by atoms with E-state index in [2.05, 4.69) is 0 Å². The van der Waals surface area contributed by atoms with Gasteiger partial charge in [0.05, 0.1) is 11.4 Å². The molecule has 0 aliphatic carbocycles. The number of nitrogens with zero attached hydrogens (tertiary/aromatic N) is 1. The monoisotopic (exact) mass is 341 g/mol. The van der Waals surface area contributed by atoms with Crippen LogP contribution in [-0.4, -0.2) is 39.3 Å². The number of likely N-dealkylation sites (N-methyl/N-ethyl adjacent to an activating group) is 1. The number of fused-ring (bicyclic) bond motifs is 1. The molecule has 1 N–H and O–H groups in total. The van der Waals surface area contributed by atoms with Crippen LogP contribution in [0.1, 0.15) is 0 Å². The summed E-state index contributed by atoms with van der Waals surface area (Å²) in [6.07, 6.45) is -0.103. The quantitative estimate of drug-likeness (QED) is 0.860. The molecule has 0 saturated carbocycles. The molecule has 1 aromatic carbocycles. The predicted octanol–water partition coefficient (Wildman–Crippen LogP) is 2.27. The van der Waals surface area contributed by atoms with Gasteiger partial charge in [0.1, 0.15) is 6.61 Å². The van der Waals surface area contributed by atoms with Crippen LogP contribution in [0.25, 0.3) is 0 Å². The minimum atomic E-state index is -4.16. The highest BCUT2D eigenvalue weighted by Gasteiger charge is 2.23. The first kappa shape index (κ1) is 15.1. The summed E-state index contributed by atoms with van der Waals surface area (Å²) < 4.78 is 42.5. The number of benzene rings is 1. The van der Waals surface area contributed by atoms with Gasteiger partial charge in [-0.3, -0.25) is 4.55 Å². The van der Waals surface area contributed by atoms with Crippen molar-refractivity contribution in [2.45, 2.75) is 11.0 Å². The first-order chi connectivity index (χ1) is 10.4. The van der Waals surface area contributed by atoms with E-state index in [0.29, 0.717) is 13.2 Å². The van der Waals surface area contributed by atoms with Gasteiger partial charge in [-0.05, 0) is 24.3 Å². The lowest BCUT2D eigenvalue weighted by atomic mass is 10.2. The van der Waals surface area contributed by atoms with E-state index < -0.39 is 10.1 Å². The van der Waals surface area contributed by atoms with Crippen LogP contribution in [0.3, 0.4) is 0 Å². The maximum absolute atomic E-state index is 11.0. The second-order valence-corrected chi connectivity index (χ2v) is 7.17. The van der Waals surface area contributed by atoms with Crippen molar-refractivity contribution in [1.29, 1.82) is 0 Å². The minimum Gasteiger partial charge on any atom is -0.485 e. The first-order valence-electron chi connectivity index (χ1n) is 6.58. The summed E-state index contributed by atoms with van der Waals surface area (Å²) in [6, 6.07) is 6.03. The molecule has 2 heterocycles. The number of thiophene rings is 1. The molecule has 1 aliphatic heterocycles. The van der Waals surface area contributed by atoms with E-state index in [1.165, 1.54) is 23.5 Å². The molecule has 0 fully saturated rings. The van der Waals surface area contributed by atoms with Gasteiger partial charge in [0.15, 0.2) is 17.6 Å². The predicted molar refractivity (Wildman–Crippen MR) is 83.8 cm³/mol. The summed E-state index contributed by atoms with van der Waals surface area (Å²) in [6.45, 7) is 1.07. The second kappa shape index (κ2) is 5.79. The Bertz CT molecular complexity index is 754. The van der Waals surface area contributed by atoms with Crippen molar-refractivity contribution in [3.8, 4) is 11.5 Å². The van der Waals surface area contributed by atoms with Gasteiger partial charge >= 0.3 is 0 Å². The zero-order valence-electron chi connectivity index (χ0n) is 11.8. The van der Waals surface area contributed by atoms with Crippen molar-refractivity contribution >= 4 is 27.1 Å². The Labute approximate surface area is 132 Å². The lowest BCUT2D eigenvalue weighted by molar-refractivity contribution is 0.0975. The molecule has 118 valence electrons. The molecular weight excluding hydrogens is 326 g/mol. The fraction of sp³-hybridized carbons (Fsp3) is 0.286.